The van der Waals surface area contributed by atoms with E-state index in [1.54, 1.807) is 33.9 Å². The second-order valence-electron chi connectivity index (χ2n) is 10.6. The highest BCUT2D eigenvalue weighted by atomic mass is 28.5. The van der Waals surface area contributed by atoms with Gasteiger partial charge in [0.25, 0.3) is 0 Å². The zero-order valence-corrected chi connectivity index (χ0v) is 30.6. The summed E-state index contributed by atoms with van der Waals surface area (Å²) < 4.78 is 54.9. The van der Waals surface area contributed by atoms with Crippen molar-refractivity contribution in [2.75, 3.05) is 19.8 Å². The molecule has 6 atom stereocenters. The van der Waals surface area contributed by atoms with Gasteiger partial charge in [0, 0.05) is 25.8 Å². The van der Waals surface area contributed by atoms with Crippen LogP contribution in [-0.2, 0) is 49.1 Å². The molecule has 0 aliphatic carbocycles. The molecule has 0 rings (SSSR count). The van der Waals surface area contributed by atoms with Crippen molar-refractivity contribution in [1.29, 1.82) is 0 Å². The van der Waals surface area contributed by atoms with Gasteiger partial charge in [0.05, 0.1) is 19.3 Å². The van der Waals surface area contributed by atoms with E-state index in [-0.39, 0.29) is 39.5 Å². The average molecular weight is 663 g/mol. The van der Waals surface area contributed by atoms with E-state index in [1.165, 1.54) is 6.92 Å². The molecule has 0 N–H and O–H groups in total. The SMILES string of the molecule is C.C.CCOCC(C)O[Si](C)(OC(C)C(=O)OCC)O[Si](C)(C)O[Si](C)(C)O[Si](C)(OC(C)CC)OC(C)C(C)=O. The lowest BCUT2D eigenvalue weighted by Crippen LogP contribution is -2.62. The molecule has 11 nitrogen and oxygen atoms in total. The highest BCUT2D eigenvalue weighted by molar-refractivity contribution is 6.86. The Hall–Kier alpha value is -0.312. The molecule has 0 aromatic rings. The number of ether oxygens (including phenoxy) is 2. The summed E-state index contributed by atoms with van der Waals surface area (Å²) in [6.45, 7) is 26.4. The third kappa shape index (κ3) is 18.8. The van der Waals surface area contributed by atoms with Crippen LogP contribution >= 0.6 is 0 Å². The van der Waals surface area contributed by atoms with E-state index in [0.717, 1.165) is 6.42 Å². The summed E-state index contributed by atoms with van der Waals surface area (Å²) in [6, 6.07) is 0. The third-order valence-corrected chi connectivity index (χ3v) is 19.3. The summed E-state index contributed by atoms with van der Waals surface area (Å²) in [5.41, 5.74) is 0. The summed E-state index contributed by atoms with van der Waals surface area (Å²) in [7, 11) is -12.7. The van der Waals surface area contributed by atoms with Crippen molar-refractivity contribution in [3.05, 3.63) is 0 Å². The maximum Gasteiger partial charge on any atom is 0.489 e. The summed E-state index contributed by atoms with van der Waals surface area (Å²) in [5.74, 6) is -0.614. The molecule has 0 aliphatic rings. The van der Waals surface area contributed by atoms with E-state index in [4.69, 9.17) is 39.5 Å². The van der Waals surface area contributed by atoms with Crippen molar-refractivity contribution in [1.82, 2.24) is 0 Å². The lowest BCUT2D eigenvalue weighted by atomic mass is 10.3. The van der Waals surface area contributed by atoms with Crippen LogP contribution in [0.25, 0.3) is 0 Å². The second-order valence-corrected chi connectivity index (χ2v) is 23.1. The van der Waals surface area contributed by atoms with Gasteiger partial charge in [-0.15, -0.1) is 0 Å². The molecule has 0 radical (unpaired) electrons. The highest BCUT2D eigenvalue weighted by Gasteiger charge is 2.52. The molecule has 0 saturated carbocycles. The minimum absolute atomic E-state index is 0. The number of ketones is 1. The van der Waals surface area contributed by atoms with Gasteiger partial charge in [-0.05, 0) is 81.1 Å². The van der Waals surface area contributed by atoms with E-state index in [9.17, 15) is 9.59 Å². The van der Waals surface area contributed by atoms with E-state index >= 15 is 0 Å². The van der Waals surface area contributed by atoms with Crippen molar-refractivity contribution < 1.29 is 49.1 Å². The Balaban J connectivity index is -0.00000722. The zero-order chi connectivity index (χ0) is 30.7. The normalized spacial score (nSPS) is 18.0. The number of esters is 1. The largest absolute Gasteiger partial charge is 0.489 e. The minimum atomic E-state index is -3.46. The second kappa shape index (κ2) is 19.9. The number of hydrogen-bond donors (Lipinski definition) is 0. The quantitative estimate of drug-likeness (QED) is 0.105. The third-order valence-electron chi connectivity index (χ3n) is 5.29. The monoisotopic (exact) mass is 662 g/mol. The molecule has 0 aliphatic heterocycles. The van der Waals surface area contributed by atoms with Crippen LogP contribution in [0.1, 0.15) is 76.7 Å². The number of Topliss-reactive ketones (excluding diaryl/α,β-unsaturated/α-hetero) is 1. The Bertz CT molecular complexity index is 759. The van der Waals surface area contributed by atoms with Gasteiger partial charge in [-0.3, -0.25) is 4.79 Å². The summed E-state index contributed by atoms with van der Waals surface area (Å²) in [6.07, 6.45) is -1.28. The van der Waals surface area contributed by atoms with Gasteiger partial charge in [-0.1, -0.05) is 21.8 Å². The number of hydrogen-bond acceptors (Lipinski definition) is 11. The van der Waals surface area contributed by atoms with Crippen molar-refractivity contribution in [2.45, 2.75) is 140 Å². The molecule has 0 aromatic heterocycles. The van der Waals surface area contributed by atoms with Crippen LogP contribution < -0.4 is 0 Å². The first-order valence-corrected chi connectivity index (χ1v) is 23.9. The standard InChI is InChI=1S/C24H54O11Si4.2CH4/c1-15-19(4)29-38(13,31-22(7)21(6)25)34-36(9,10)33-37(11,12)35-39(14,30-20(5)18-27-16-2)32-23(8)24(26)28-17-3;;/h19-20,22-23H,15-18H2,1-14H3;2*1H4. The molecule has 15 heteroatoms. The van der Waals surface area contributed by atoms with Crippen molar-refractivity contribution in [2.24, 2.45) is 0 Å². The molecule has 41 heavy (non-hydrogen) atoms. The lowest BCUT2D eigenvalue weighted by Gasteiger charge is -2.42. The zero-order valence-electron chi connectivity index (χ0n) is 26.6. The van der Waals surface area contributed by atoms with Crippen molar-refractivity contribution in [3.8, 4) is 0 Å². The van der Waals surface area contributed by atoms with Gasteiger partial charge in [0.1, 0.15) is 12.2 Å². The number of carbonyl (C=O) groups excluding carboxylic acids is 2. The number of carbonyl (C=O) groups is 2. The smallest absolute Gasteiger partial charge is 0.464 e. The first-order chi connectivity index (χ1) is 17.7. The van der Waals surface area contributed by atoms with Crippen LogP contribution in [0.5, 0.6) is 0 Å². The van der Waals surface area contributed by atoms with Crippen LogP contribution in [0, 0.1) is 0 Å². The van der Waals surface area contributed by atoms with E-state index in [0.29, 0.717) is 13.2 Å². The molecule has 0 fully saturated rings. The fourth-order valence-electron chi connectivity index (χ4n) is 3.84. The maximum absolute atomic E-state index is 12.3. The molecule has 0 spiro atoms. The van der Waals surface area contributed by atoms with Crippen LogP contribution in [0.15, 0.2) is 0 Å². The van der Waals surface area contributed by atoms with Crippen LogP contribution in [0.4, 0.5) is 0 Å². The fraction of sp³-hybridized carbons (Fsp3) is 0.923. The van der Waals surface area contributed by atoms with Gasteiger partial charge >= 0.3 is 40.7 Å². The molecular weight excluding hydrogens is 601 g/mol. The van der Waals surface area contributed by atoms with E-state index < -0.39 is 52.9 Å². The maximum atomic E-state index is 12.3. The minimum Gasteiger partial charge on any atom is -0.464 e. The summed E-state index contributed by atoms with van der Waals surface area (Å²) >= 11 is 0. The first kappa shape index (κ1) is 45.1. The Labute approximate surface area is 255 Å². The molecule has 0 heterocycles. The number of rotatable bonds is 21. The van der Waals surface area contributed by atoms with Gasteiger partial charge < -0.3 is 39.5 Å². The van der Waals surface area contributed by atoms with Gasteiger partial charge in [0.2, 0.25) is 0 Å². The predicted molar refractivity (Wildman–Crippen MR) is 171 cm³/mol. The lowest BCUT2D eigenvalue weighted by molar-refractivity contribution is -0.153. The fourth-order valence-corrected chi connectivity index (χ4v) is 20.9. The first-order valence-electron chi connectivity index (χ1n) is 13.8. The average Bonchev–Trinajstić information content (AvgIpc) is 2.74. The Morgan fingerprint density at radius 3 is 1.46 bits per heavy atom. The Morgan fingerprint density at radius 2 is 1.07 bits per heavy atom. The molecule has 6 unspecified atom stereocenters. The van der Waals surface area contributed by atoms with Crippen LogP contribution in [0.3, 0.4) is 0 Å². The molecule has 248 valence electrons. The van der Waals surface area contributed by atoms with Crippen molar-refractivity contribution in [3.63, 3.8) is 0 Å². The summed E-state index contributed by atoms with van der Waals surface area (Å²) in [5, 5.41) is 0. The molecular formula is C26H62O11Si4. The van der Waals surface area contributed by atoms with Gasteiger partial charge in [0.15, 0.2) is 5.78 Å². The topological polar surface area (TPSA) is 117 Å². The van der Waals surface area contributed by atoms with E-state index in [1.807, 2.05) is 53.9 Å². The summed E-state index contributed by atoms with van der Waals surface area (Å²) in [4.78, 5) is 24.3. The van der Waals surface area contributed by atoms with Crippen molar-refractivity contribution >= 4 is 46.5 Å². The Morgan fingerprint density at radius 1 is 0.634 bits per heavy atom. The Kier molecular flexibility index (Phi) is 21.9. The molecule has 0 aromatic carbocycles. The van der Waals surface area contributed by atoms with E-state index in [2.05, 4.69) is 0 Å². The highest BCUT2D eigenvalue weighted by Crippen LogP contribution is 2.28. The predicted octanol–water partition coefficient (Wildman–Crippen LogP) is 6.07. The van der Waals surface area contributed by atoms with Gasteiger partial charge in [-0.25, -0.2) is 4.79 Å². The van der Waals surface area contributed by atoms with Crippen LogP contribution in [-0.4, -0.2) is 90.7 Å². The van der Waals surface area contributed by atoms with Crippen LogP contribution in [0.2, 0.25) is 39.3 Å². The molecule has 0 amide bonds. The van der Waals surface area contributed by atoms with Gasteiger partial charge in [-0.2, -0.15) is 0 Å². The molecule has 0 saturated heterocycles. The molecule has 0 bridgehead atoms.